The monoisotopic (exact) mass is 350 g/mol. The summed E-state index contributed by atoms with van der Waals surface area (Å²) in [6, 6.07) is 10.7. The number of halogens is 1. The molecule has 0 aliphatic heterocycles. The van der Waals surface area contributed by atoms with Gasteiger partial charge in [0.15, 0.2) is 0 Å². The fraction of sp³-hybridized carbons (Fsp3) is 0.200. The highest BCUT2D eigenvalue weighted by atomic mass is 79.9. The Balaban J connectivity index is 2.14. The molecule has 0 atom stereocenters. The number of hydrogen-bond donors (Lipinski definition) is 1. The van der Waals surface area contributed by atoms with Crippen LogP contribution >= 0.6 is 15.9 Å². The molecule has 0 fully saturated rings. The second-order valence-electron chi connectivity index (χ2n) is 4.61. The number of nitro groups is 1. The molecule has 0 saturated carbocycles. The highest BCUT2D eigenvalue weighted by Gasteiger charge is 2.09. The normalized spacial score (nSPS) is 10.2. The van der Waals surface area contributed by atoms with Crippen LogP contribution in [-0.4, -0.2) is 12.0 Å². The maximum Gasteiger partial charge on any atom is 0.270 e. The first-order valence-corrected chi connectivity index (χ1v) is 7.11. The van der Waals surface area contributed by atoms with Crippen molar-refractivity contribution >= 4 is 27.3 Å². The molecular formula is C15H15BrN2O3. The third kappa shape index (κ3) is 3.95. The second-order valence-corrected chi connectivity index (χ2v) is 5.52. The van der Waals surface area contributed by atoms with Crippen LogP contribution in [-0.2, 0) is 6.54 Å². The van der Waals surface area contributed by atoms with Crippen LogP contribution in [0.2, 0.25) is 0 Å². The summed E-state index contributed by atoms with van der Waals surface area (Å²) < 4.78 is 5.86. The lowest BCUT2D eigenvalue weighted by molar-refractivity contribution is -0.385. The molecule has 5 nitrogen and oxygen atoms in total. The van der Waals surface area contributed by atoms with Crippen LogP contribution in [0.3, 0.4) is 0 Å². The molecule has 2 rings (SSSR count). The molecule has 0 aliphatic rings. The van der Waals surface area contributed by atoms with Crippen molar-refractivity contribution in [3.63, 3.8) is 0 Å². The van der Waals surface area contributed by atoms with E-state index in [1.165, 1.54) is 6.07 Å². The summed E-state index contributed by atoms with van der Waals surface area (Å²) in [5.74, 6) is 0.802. The number of nitro benzene ring substituents is 1. The van der Waals surface area contributed by atoms with Gasteiger partial charge >= 0.3 is 0 Å². The largest absolute Gasteiger partial charge is 0.497 e. The molecule has 0 heterocycles. The Morgan fingerprint density at radius 3 is 2.67 bits per heavy atom. The van der Waals surface area contributed by atoms with Crippen molar-refractivity contribution in [2.45, 2.75) is 13.5 Å². The predicted octanol–water partition coefficient (Wildman–Crippen LogP) is 4.29. The molecule has 1 N–H and O–H groups in total. The van der Waals surface area contributed by atoms with Gasteiger partial charge in [-0.05, 0) is 42.3 Å². The Kier molecular flexibility index (Phi) is 4.80. The molecule has 2 aromatic rings. The van der Waals surface area contributed by atoms with E-state index in [1.54, 1.807) is 13.2 Å². The zero-order valence-electron chi connectivity index (χ0n) is 11.7. The molecule has 0 aliphatic carbocycles. The van der Waals surface area contributed by atoms with E-state index in [0.29, 0.717) is 11.0 Å². The van der Waals surface area contributed by atoms with Crippen LogP contribution in [0.25, 0.3) is 0 Å². The van der Waals surface area contributed by atoms with E-state index >= 15 is 0 Å². The molecule has 110 valence electrons. The molecule has 2 aromatic carbocycles. The molecule has 0 saturated heterocycles. The van der Waals surface area contributed by atoms with E-state index in [0.717, 1.165) is 22.6 Å². The van der Waals surface area contributed by atoms with Crippen LogP contribution in [0.1, 0.15) is 11.1 Å². The van der Waals surface area contributed by atoms with E-state index in [-0.39, 0.29) is 5.69 Å². The van der Waals surface area contributed by atoms with Gasteiger partial charge in [-0.15, -0.1) is 0 Å². The fourth-order valence-electron chi connectivity index (χ4n) is 2.00. The number of non-ortho nitro benzene ring substituents is 1. The van der Waals surface area contributed by atoms with Crippen LogP contribution in [0.15, 0.2) is 40.9 Å². The lowest BCUT2D eigenvalue weighted by Crippen LogP contribution is -2.02. The molecule has 21 heavy (non-hydrogen) atoms. The zero-order chi connectivity index (χ0) is 15.4. The summed E-state index contributed by atoms with van der Waals surface area (Å²) in [6.07, 6.45) is 0. The molecule has 0 aromatic heterocycles. The van der Waals surface area contributed by atoms with Gasteiger partial charge < -0.3 is 10.1 Å². The van der Waals surface area contributed by atoms with Crippen molar-refractivity contribution in [3.05, 3.63) is 62.1 Å². The number of aryl methyl sites for hydroxylation is 1. The van der Waals surface area contributed by atoms with E-state index in [9.17, 15) is 10.1 Å². The van der Waals surface area contributed by atoms with E-state index in [1.807, 2.05) is 31.2 Å². The molecule has 6 heteroatoms. The number of ether oxygens (including phenoxy) is 1. The minimum absolute atomic E-state index is 0.0765. The highest BCUT2D eigenvalue weighted by Crippen LogP contribution is 2.24. The van der Waals surface area contributed by atoms with Gasteiger partial charge in [0.2, 0.25) is 0 Å². The van der Waals surface area contributed by atoms with Crippen molar-refractivity contribution in [1.82, 2.24) is 0 Å². The number of anilines is 1. The second kappa shape index (κ2) is 6.58. The summed E-state index contributed by atoms with van der Waals surface area (Å²) in [4.78, 5) is 10.5. The first kappa shape index (κ1) is 15.3. The van der Waals surface area contributed by atoms with Gasteiger partial charge in [0, 0.05) is 28.8 Å². The SMILES string of the molecule is COc1ccc(NCc2cc(Br)cc([N+](=O)[O-])c2)c(C)c1. The first-order valence-electron chi connectivity index (χ1n) is 6.32. The number of hydrogen-bond acceptors (Lipinski definition) is 4. The Hall–Kier alpha value is -2.08. The first-order chi connectivity index (χ1) is 9.99. The van der Waals surface area contributed by atoms with Crippen molar-refractivity contribution < 1.29 is 9.66 Å². The average molecular weight is 351 g/mol. The smallest absolute Gasteiger partial charge is 0.270 e. The summed E-state index contributed by atoms with van der Waals surface area (Å²) in [7, 11) is 1.63. The molecule has 0 radical (unpaired) electrons. The van der Waals surface area contributed by atoms with Gasteiger partial charge in [-0.3, -0.25) is 10.1 Å². The van der Waals surface area contributed by atoms with Crippen molar-refractivity contribution in [2.75, 3.05) is 12.4 Å². The lowest BCUT2D eigenvalue weighted by Gasteiger charge is -2.11. The predicted molar refractivity (Wildman–Crippen MR) is 85.9 cm³/mol. The van der Waals surface area contributed by atoms with Gasteiger partial charge in [0.25, 0.3) is 5.69 Å². The average Bonchev–Trinajstić information content (AvgIpc) is 2.45. The van der Waals surface area contributed by atoms with E-state index in [4.69, 9.17) is 4.74 Å². The topological polar surface area (TPSA) is 64.4 Å². The van der Waals surface area contributed by atoms with Crippen LogP contribution in [0.4, 0.5) is 11.4 Å². The number of nitrogens with zero attached hydrogens (tertiary/aromatic N) is 1. The highest BCUT2D eigenvalue weighted by molar-refractivity contribution is 9.10. The van der Waals surface area contributed by atoms with Crippen molar-refractivity contribution in [2.24, 2.45) is 0 Å². The number of benzene rings is 2. The summed E-state index contributed by atoms with van der Waals surface area (Å²) >= 11 is 3.29. The quantitative estimate of drug-likeness (QED) is 0.645. The molecule has 0 unspecified atom stereocenters. The Morgan fingerprint density at radius 1 is 1.29 bits per heavy atom. The maximum atomic E-state index is 10.9. The summed E-state index contributed by atoms with van der Waals surface area (Å²) in [6.45, 7) is 2.49. The summed E-state index contributed by atoms with van der Waals surface area (Å²) in [5, 5.41) is 14.1. The standard InChI is InChI=1S/C15H15BrN2O3/c1-10-5-14(21-2)3-4-15(10)17-9-11-6-12(16)8-13(7-11)18(19)20/h3-8,17H,9H2,1-2H3. The van der Waals surface area contributed by atoms with Gasteiger partial charge in [-0.25, -0.2) is 0 Å². The van der Waals surface area contributed by atoms with E-state index < -0.39 is 4.92 Å². The minimum atomic E-state index is -0.396. The maximum absolute atomic E-state index is 10.9. The number of rotatable bonds is 5. The molecular weight excluding hydrogens is 336 g/mol. The fourth-order valence-corrected chi connectivity index (χ4v) is 2.53. The van der Waals surface area contributed by atoms with Gasteiger partial charge in [0.1, 0.15) is 5.75 Å². The van der Waals surface area contributed by atoms with Crippen molar-refractivity contribution in [1.29, 1.82) is 0 Å². The Bertz CT molecular complexity index is 674. The Labute approximate surface area is 131 Å². The van der Waals surface area contributed by atoms with Crippen LogP contribution in [0.5, 0.6) is 5.75 Å². The molecule has 0 bridgehead atoms. The molecule has 0 amide bonds. The van der Waals surface area contributed by atoms with E-state index in [2.05, 4.69) is 21.2 Å². The van der Waals surface area contributed by atoms with Crippen LogP contribution < -0.4 is 10.1 Å². The van der Waals surface area contributed by atoms with Crippen molar-refractivity contribution in [3.8, 4) is 5.75 Å². The number of nitrogens with one attached hydrogen (secondary N) is 1. The third-order valence-corrected chi connectivity index (χ3v) is 3.53. The van der Waals surface area contributed by atoms with Gasteiger partial charge in [0.05, 0.1) is 12.0 Å². The third-order valence-electron chi connectivity index (χ3n) is 3.07. The minimum Gasteiger partial charge on any atom is -0.497 e. The lowest BCUT2D eigenvalue weighted by atomic mass is 10.1. The zero-order valence-corrected chi connectivity index (χ0v) is 13.3. The molecule has 0 spiro atoms. The number of methoxy groups -OCH3 is 1. The van der Waals surface area contributed by atoms with Crippen LogP contribution in [0, 0.1) is 17.0 Å². The summed E-state index contributed by atoms with van der Waals surface area (Å²) in [5.41, 5.74) is 2.94. The van der Waals surface area contributed by atoms with Gasteiger partial charge in [-0.2, -0.15) is 0 Å². The Morgan fingerprint density at radius 2 is 2.05 bits per heavy atom. The van der Waals surface area contributed by atoms with Gasteiger partial charge in [-0.1, -0.05) is 15.9 Å².